The number of rotatable bonds is 6. The van der Waals surface area contributed by atoms with Gasteiger partial charge in [0.25, 0.3) is 5.91 Å². The second-order valence-corrected chi connectivity index (χ2v) is 7.93. The average Bonchev–Trinajstić information content (AvgIpc) is 3.01. The minimum Gasteiger partial charge on any atom is -0.320 e. The van der Waals surface area contributed by atoms with Gasteiger partial charge in [0.1, 0.15) is 0 Å². The quantitative estimate of drug-likeness (QED) is 0.840. The lowest BCUT2D eigenvalue weighted by Crippen LogP contribution is -2.30. The predicted octanol–water partition coefficient (Wildman–Crippen LogP) is 3.68. The maximum atomic E-state index is 12.4. The van der Waals surface area contributed by atoms with Crippen LogP contribution in [-0.2, 0) is 10.0 Å². The molecule has 0 saturated heterocycles. The molecule has 2 aromatic rings. The number of halogens is 1. The summed E-state index contributed by atoms with van der Waals surface area (Å²) in [6.45, 7) is 4.32. The molecular formula is C15H17ClN2O3S2. The molecule has 0 saturated carbocycles. The lowest BCUT2D eigenvalue weighted by molar-refractivity contribution is 0.103. The smallest absolute Gasteiger partial charge is 0.265 e. The third-order valence-electron chi connectivity index (χ3n) is 3.26. The molecule has 0 aliphatic rings. The van der Waals surface area contributed by atoms with E-state index in [-0.39, 0.29) is 10.8 Å². The molecular weight excluding hydrogens is 356 g/mol. The highest BCUT2D eigenvalue weighted by molar-refractivity contribution is 7.89. The molecule has 8 heteroatoms. The summed E-state index contributed by atoms with van der Waals surface area (Å²) in [4.78, 5) is 12.7. The lowest BCUT2D eigenvalue weighted by atomic mass is 10.3. The summed E-state index contributed by atoms with van der Waals surface area (Å²) in [5.74, 6) is -0.385. The highest BCUT2D eigenvalue weighted by Gasteiger charge is 2.24. The van der Waals surface area contributed by atoms with Crippen molar-refractivity contribution in [1.29, 1.82) is 0 Å². The van der Waals surface area contributed by atoms with E-state index in [0.717, 1.165) is 11.3 Å². The molecule has 5 nitrogen and oxygen atoms in total. The molecule has 0 radical (unpaired) electrons. The number of carbonyl (C=O) groups is 1. The maximum absolute atomic E-state index is 12.4. The first-order valence-corrected chi connectivity index (χ1v) is 9.74. The van der Waals surface area contributed by atoms with Gasteiger partial charge in [0.2, 0.25) is 10.0 Å². The van der Waals surface area contributed by atoms with Gasteiger partial charge in [0.15, 0.2) is 0 Å². The molecule has 0 aliphatic carbocycles. The molecule has 0 fully saturated rings. The number of nitrogens with one attached hydrogen (secondary N) is 1. The van der Waals surface area contributed by atoms with Crippen LogP contribution in [0, 0.1) is 0 Å². The fourth-order valence-corrected chi connectivity index (χ4v) is 4.83. The molecule has 1 aromatic heterocycles. The second kappa shape index (κ2) is 7.44. The summed E-state index contributed by atoms with van der Waals surface area (Å²) in [5.41, 5.74) is 0.487. The van der Waals surface area contributed by atoms with Crippen molar-refractivity contribution in [1.82, 2.24) is 4.31 Å². The van der Waals surface area contributed by atoms with E-state index in [0.29, 0.717) is 28.7 Å². The average molecular weight is 373 g/mol. The van der Waals surface area contributed by atoms with E-state index >= 15 is 0 Å². The van der Waals surface area contributed by atoms with Gasteiger partial charge in [-0.05, 0) is 18.2 Å². The largest absolute Gasteiger partial charge is 0.320 e. The van der Waals surface area contributed by atoms with E-state index in [1.54, 1.807) is 38.1 Å². The minimum absolute atomic E-state index is 0.135. The van der Waals surface area contributed by atoms with E-state index in [9.17, 15) is 13.2 Å². The van der Waals surface area contributed by atoms with Crippen LogP contribution in [0.15, 0.2) is 40.6 Å². The van der Waals surface area contributed by atoms with Crippen LogP contribution in [0.4, 0.5) is 5.69 Å². The van der Waals surface area contributed by atoms with Crippen LogP contribution in [0.2, 0.25) is 5.02 Å². The summed E-state index contributed by atoms with van der Waals surface area (Å²) in [6, 6.07) is 8.26. The fourth-order valence-electron chi connectivity index (χ4n) is 2.03. The number of hydrogen-bond acceptors (Lipinski definition) is 4. The van der Waals surface area contributed by atoms with Gasteiger partial charge in [0.05, 0.1) is 20.5 Å². The fraction of sp³-hybridized carbons (Fsp3) is 0.267. The van der Waals surface area contributed by atoms with Crippen LogP contribution in [0.3, 0.4) is 0 Å². The zero-order valence-electron chi connectivity index (χ0n) is 12.7. The Morgan fingerprint density at radius 2 is 1.91 bits per heavy atom. The maximum Gasteiger partial charge on any atom is 0.265 e. The van der Waals surface area contributed by atoms with E-state index < -0.39 is 10.0 Å². The zero-order valence-corrected chi connectivity index (χ0v) is 15.1. The molecule has 0 aliphatic heterocycles. The minimum atomic E-state index is -3.56. The highest BCUT2D eigenvalue weighted by Crippen LogP contribution is 2.25. The number of nitrogens with zero attached hydrogens (tertiary/aromatic N) is 1. The first-order valence-electron chi connectivity index (χ1n) is 7.04. The summed E-state index contributed by atoms with van der Waals surface area (Å²) in [5, 5.41) is 4.59. The Bertz CT molecular complexity index is 799. The Labute approximate surface area is 144 Å². The first-order chi connectivity index (χ1) is 10.9. The number of carbonyl (C=O) groups excluding carboxylic acids is 1. The van der Waals surface area contributed by atoms with Crippen LogP contribution >= 0.6 is 22.9 Å². The molecule has 0 spiro atoms. The molecule has 0 atom stereocenters. The van der Waals surface area contributed by atoms with Crippen molar-refractivity contribution in [3.05, 3.63) is 45.6 Å². The van der Waals surface area contributed by atoms with Crippen LogP contribution in [-0.4, -0.2) is 31.7 Å². The Hall–Kier alpha value is -1.41. The number of amides is 1. The Kier molecular flexibility index (Phi) is 5.80. The third-order valence-corrected chi connectivity index (χ3v) is 6.70. The predicted molar refractivity (Wildman–Crippen MR) is 93.8 cm³/mol. The van der Waals surface area contributed by atoms with Gasteiger partial charge in [-0.15, -0.1) is 11.3 Å². The normalized spacial score (nSPS) is 11.7. The Balaban J connectivity index is 2.22. The highest BCUT2D eigenvalue weighted by atomic mass is 35.5. The number of benzene rings is 1. The van der Waals surface area contributed by atoms with Crippen molar-refractivity contribution in [3.8, 4) is 0 Å². The first kappa shape index (κ1) is 17.9. The van der Waals surface area contributed by atoms with Gasteiger partial charge in [-0.1, -0.05) is 37.6 Å². The van der Waals surface area contributed by atoms with Gasteiger partial charge in [-0.2, -0.15) is 4.31 Å². The lowest BCUT2D eigenvalue weighted by Gasteiger charge is -2.17. The van der Waals surface area contributed by atoms with Crippen LogP contribution in [0.5, 0.6) is 0 Å². The zero-order chi connectivity index (χ0) is 17.0. The molecule has 1 amide bonds. The van der Waals surface area contributed by atoms with E-state index in [1.165, 1.54) is 15.8 Å². The van der Waals surface area contributed by atoms with Gasteiger partial charge >= 0.3 is 0 Å². The van der Waals surface area contributed by atoms with E-state index in [1.807, 2.05) is 0 Å². The van der Waals surface area contributed by atoms with Crippen LogP contribution < -0.4 is 5.32 Å². The number of hydrogen-bond donors (Lipinski definition) is 1. The van der Waals surface area contributed by atoms with Crippen molar-refractivity contribution in [3.63, 3.8) is 0 Å². The van der Waals surface area contributed by atoms with Crippen molar-refractivity contribution < 1.29 is 13.2 Å². The number of sulfonamides is 1. The summed E-state index contributed by atoms with van der Waals surface area (Å²) >= 11 is 7.09. The van der Waals surface area contributed by atoms with Gasteiger partial charge in [-0.3, -0.25) is 4.79 Å². The molecule has 1 aromatic carbocycles. The van der Waals surface area contributed by atoms with Crippen molar-refractivity contribution in [2.24, 2.45) is 0 Å². The van der Waals surface area contributed by atoms with Gasteiger partial charge in [-0.25, -0.2) is 8.42 Å². The Morgan fingerprint density at radius 3 is 2.52 bits per heavy atom. The summed E-state index contributed by atoms with van der Waals surface area (Å²) in [6.07, 6.45) is 0. The SMILES string of the molecule is CCN(CC)S(=O)(=O)c1csc(C(=O)Nc2ccccc2Cl)c1. The third kappa shape index (κ3) is 3.92. The molecule has 0 bridgehead atoms. The van der Waals surface area contributed by atoms with E-state index in [4.69, 9.17) is 11.6 Å². The molecule has 124 valence electrons. The second-order valence-electron chi connectivity index (χ2n) is 4.67. The standard InChI is InChI=1S/C15H17ClN2O3S2/c1-3-18(4-2)23(20,21)11-9-14(22-10-11)15(19)17-13-8-6-5-7-12(13)16/h5-10H,3-4H2,1-2H3,(H,17,19). The number of anilines is 1. The van der Waals surface area contributed by atoms with Gasteiger partial charge < -0.3 is 5.32 Å². The molecule has 0 unspecified atom stereocenters. The van der Waals surface area contributed by atoms with E-state index in [2.05, 4.69) is 5.32 Å². The molecule has 23 heavy (non-hydrogen) atoms. The molecule has 1 N–H and O–H groups in total. The summed E-state index contributed by atoms with van der Waals surface area (Å²) < 4.78 is 26.2. The van der Waals surface area contributed by atoms with Crippen molar-refractivity contribution >= 4 is 44.6 Å². The Morgan fingerprint density at radius 1 is 1.26 bits per heavy atom. The summed E-state index contributed by atoms with van der Waals surface area (Å²) in [7, 11) is -3.56. The topological polar surface area (TPSA) is 66.5 Å². The van der Waals surface area contributed by atoms with Gasteiger partial charge in [0, 0.05) is 18.5 Å². The van der Waals surface area contributed by atoms with Crippen LogP contribution in [0.25, 0.3) is 0 Å². The number of para-hydroxylation sites is 1. The van der Waals surface area contributed by atoms with Crippen molar-refractivity contribution in [2.45, 2.75) is 18.7 Å². The van der Waals surface area contributed by atoms with Crippen LogP contribution in [0.1, 0.15) is 23.5 Å². The number of thiophene rings is 1. The molecule has 2 rings (SSSR count). The molecule has 1 heterocycles. The van der Waals surface area contributed by atoms with Crippen molar-refractivity contribution in [2.75, 3.05) is 18.4 Å². The monoisotopic (exact) mass is 372 g/mol.